The molecule has 0 aliphatic carbocycles. The van der Waals surface area contributed by atoms with E-state index in [1.165, 1.54) is 18.3 Å². The number of nitrogens with one attached hydrogen (secondary N) is 1. The molecule has 0 radical (unpaired) electrons. The van der Waals surface area contributed by atoms with Crippen molar-refractivity contribution in [2.24, 2.45) is 5.73 Å². The SMILES string of the molecule is NCC(=O)NCc1ncccc1F. The summed E-state index contributed by atoms with van der Waals surface area (Å²) in [5, 5.41) is 2.42. The van der Waals surface area contributed by atoms with E-state index in [9.17, 15) is 9.18 Å². The van der Waals surface area contributed by atoms with Gasteiger partial charge in [0.1, 0.15) is 5.82 Å². The van der Waals surface area contributed by atoms with Gasteiger partial charge in [0, 0.05) is 6.20 Å². The average molecular weight is 183 g/mol. The highest BCUT2D eigenvalue weighted by molar-refractivity contribution is 5.77. The van der Waals surface area contributed by atoms with Crippen LogP contribution in [0.1, 0.15) is 5.69 Å². The van der Waals surface area contributed by atoms with Gasteiger partial charge in [-0.1, -0.05) is 0 Å². The Kier molecular flexibility index (Phi) is 3.33. The van der Waals surface area contributed by atoms with Gasteiger partial charge in [0.25, 0.3) is 0 Å². The highest BCUT2D eigenvalue weighted by atomic mass is 19.1. The maximum absolute atomic E-state index is 12.9. The Balaban J connectivity index is 2.54. The van der Waals surface area contributed by atoms with Gasteiger partial charge in [-0.15, -0.1) is 0 Å². The number of nitrogens with zero attached hydrogens (tertiary/aromatic N) is 1. The summed E-state index contributed by atoms with van der Waals surface area (Å²) in [7, 11) is 0. The Bertz CT molecular complexity index is 303. The number of carbonyl (C=O) groups is 1. The number of pyridine rings is 1. The minimum atomic E-state index is -0.431. The van der Waals surface area contributed by atoms with Gasteiger partial charge in [-0.3, -0.25) is 9.78 Å². The molecule has 13 heavy (non-hydrogen) atoms. The van der Waals surface area contributed by atoms with E-state index in [-0.39, 0.29) is 24.7 Å². The molecular formula is C8H10FN3O. The molecule has 70 valence electrons. The Labute approximate surface area is 75.0 Å². The van der Waals surface area contributed by atoms with Gasteiger partial charge in [0.15, 0.2) is 0 Å². The van der Waals surface area contributed by atoms with Gasteiger partial charge in [0.05, 0.1) is 18.8 Å². The van der Waals surface area contributed by atoms with Crippen LogP contribution in [0.3, 0.4) is 0 Å². The standard InChI is InChI=1S/C8H10FN3O/c9-6-2-1-3-11-7(6)5-12-8(13)4-10/h1-3H,4-5,10H2,(H,12,13). The lowest BCUT2D eigenvalue weighted by Gasteiger charge is -2.02. The first-order chi connectivity index (χ1) is 6.24. The van der Waals surface area contributed by atoms with E-state index in [0.717, 1.165) is 0 Å². The van der Waals surface area contributed by atoms with E-state index < -0.39 is 5.82 Å². The van der Waals surface area contributed by atoms with E-state index >= 15 is 0 Å². The van der Waals surface area contributed by atoms with Crippen molar-refractivity contribution in [3.05, 3.63) is 29.8 Å². The second-order valence-corrected chi connectivity index (χ2v) is 2.41. The summed E-state index contributed by atoms with van der Waals surface area (Å²) >= 11 is 0. The molecule has 5 heteroatoms. The fourth-order valence-corrected chi connectivity index (χ4v) is 0.803. The third-order valence-corrected chi connectivity index (χ3v) is 1.47. The third kappa shape index (κ3) is 2.79. The van der Waals surface area contributed by atoms with E-state index in [1.807, 2.05) is 0 Å². The maximum Gasteiger partial charge on any atom is 0.234 e. The van der Waals surface area contributed by atoms with Gasteiger partial charge in [-0.2, -0.15) is 0 Å². The second kappa shape index (κ2) is 4.51. The lowest BCUT2D eigenvalue weighted by molar-refractivity contribution is -0.119. The molecule has 1 aromatic rings. The number of aromatic nitrogens is 1. The normalized spacial score (nSPS) is 9.69. The van der Waals surface area contributed by atoms with Crippen LogP contribution in [-0.2, 0) is 11.3 Å². The zero-order valence-electron chi connectivity index (χ0n) is 6.96. The molecule has 0 saturated heterocycles. The van der Waals surface area contributed by atoms with Crippen LogP contribution in [0.4, 0.5) is 4.39 Å². The van der Waals surface area contributed by atoms with Gasteiger partial charge in [-0.25, -0.2) is 4.39 Å². The largest absolute Gasteiger partial charge is 0.349 e. The summed E-state index contributed by atoms with van der Waals surface area (Å²) in [6, 6.07) is 2.78. The number of hydrogen-bond acceptors (Lipinski definition) is 3. The second-order valence-electron chi connectivity index (χ2n) is 2.41. The van der Waals surface area contributed by atoms with Crippen molar-refractivity contribution in [3.8, 4) is 0 Å². The molecule has 0 aliphatic heterocycles. The van der Waals surface area contributed by atoms with Crippen molar-refractivity contribution in [3.63, 3.8) is 0 Å². The van der Waals surface area contributed by atoms with Crippen molar-refractivity contribution in [1.82, 2.24) is 10.3 Å². The predicted molar refractivity (Wildman–Crippen MR) is 45.1 cm³/mol. The first-order valence-corrected chi connectivity index (χ1v) is 3.80. The van der Waals surface area contributed by atoms with Crippen molar-refractivity contribution >= 4 is 5.91 Å². The molecule has 1 aromatic heterocycles. The van der Waals surface area contributed by atoms with Gasteiger partial charge in [-0.05, 0) is 12.1 Å². The Hall–Kier alpha value is -1.49. The highest BCUT2D eigenvalue weighted by Gasteiger charge is 2.03. The number of rotatable bonds is 3. The molecule has 1 amide bonds. The van der Waals surface area contributed by atoms with Crippen LogP contribution < -0.4 is 11.1 Å². The zero-order chi connectivity index (χ0) is 9.68. The third-order valence-electron chi connectivity index (χ3n) is 1.47. The van der Waals surface area contributed by atoms with E-state index in [1.54, 1.807) is 0 Å². The molecule has 0 aliphatic rings. The summed E-state index contributed by atoms with van der Waals surface area (Å²) in [5.41, 5.74) is 5.26. The van der Waals surface area contributed by atoms with Crippen molar-refractivity contribution < 1.29 is 9.18 Å². The number of halogens is 1. The van der Waals surface area contributed by atoms with E-state index in [2.05, 4.69) is 10.3 Å². The molecule has 0 fully saturated rings. The van der Waals surface area contributed by atoms with Crippen molar-refractivity contribution in [2.45, 2.75) is 6.54 Å². The minimum absolute atomic E-state index is 0.0721. The van der Waals surface area contributed by atoms with Crippen LogP contribution in [-0.4, -0.2) is 17.4 Å². The topological polar surface area (TPSA) is 68.0 Å². The van der Waals surface area contributed by atoms with Gasteiger partial charge in [0.2, 0.25) is 5.91 Å². The Morgan fingerprint density at radius 1 is 1.69 bits per heavy atom. The highest BCUT2D eigenvalue weighted by Crippen LogP contribution is 2.00. The van der Waals surface area contributed by atoms with Gasteiger partial charge >= 0.3 is 0 Å². The quantitative estimate of drug-likeness (QED) is 0.681. The van der Waals surface area contributed by atoms with Crippen molar-refractivity contribution in [1.29, 1.82) is 0 Å². The minimum Gasteiger partial charge on any atom is -0.349 e. The molecule has 0 aromatic carbocycles. The Morgan fingerprint density at radius 3 is 3.08 bits per heavy atom. The van der Waals surface area contributed by atoms with Gasteiger partial charge < -0.3 is 11.1 Å². The molecule has 0 unspecified atom stereocenters. The Morgan fingerprint density at radius 2 is 2.46 bits per heavy atom. The van der Waals surface area contributed by atoms with E-state index in [4.69, 9.17) is 5.73 Å². The number of hydrogen-bond donors (Lipinski definition) is 2. The summed E-state index contributed by atoms with van der Waals surface area (Å²) < 4.78 is 12.9. The summed E-state index contributed by atoms with van der Waals surface area (Å²) in [6.07, 6.45) is 1.47. The fraction of sp³-hybridized carbons (Fsp3) is 0.250. The smallest absolute Gasteiger partial charge is 0.234 e. The molecule has 1 heterocycles. The predicted octanol–water partition coefficient (Wildman–Crippen LogP) is -0.204. The molecule has 0 saturated carbocycles. The zero-order valence-corrected chi connectivity index (χ0v) is 6.96. The summed E-state index contributed by atoms with van der Waals surface area (Å²) in [4.78, 5) is 14.5. The molecule has 0 spiro atoms. The molecule has 3 N–H and O–H groups in total. The fourth-order valence-electron chi connectivity index (χ4n) is 0.803. The monoisotopic (exact) mass is 183 g/mol. The molecule has 1 rings (SSSR count). The molecule has 0 atom stereocenters. The lowest BCUT2D eigenvalue weighted by Crippen LogP contribution is -2.30. The number of amides is 1. The van der Waals surface area contributed by atoms with Crippen LogP contribution in [0.15, 0.2) is 18.3 Å². The lowest BCUT2D eigenvalue weighted by atomic mass is 10.3. The van der Waals surface area contributed by atoms with Crippen LogP contribution in [0.2, 0.25) is 0 Å². The van der Waals surface area contributed by atoms with Crippen LogP contribution in [0, 0.1) is 5.82 Å². The van der Waals surface area contributed by atoms with Crippen LogP contribution in [0.5, 0.6) is 0 Å². The summed E-state index contributed by atoms with van der Waals surface area (Å²) in [5.74, 6) is -0.759. The maximum atomic E-state index is 12.9. The molecule has 0 bridgehead atoms. The van der Waals surface area contributed by atoms with Crippen LogP contribution >= 0.6 is 0 Å². The first kappa shape index (κ1) is 9.60. The van der Waals surface area contributed by atoms with E-state index in [0.29, 0.717) is 0 Å². The molecule has 4 nitrogen and oxygen atoms in total. The molecular weight excluding hydrogens is 173 g/mol. The first-order valence-electron chi connectivity index (χ1n) is 3.80. The van der Waals surface area contributed by atoms with Crippen molar-refractivity contribution in [2.75, 3.05) is 6.54 Å². The number of carbonyl (C=O) groups excluding carboxylic acids is 1. The average Bonchev–Trinajstić information content (AvgIpc) is 2.16. The van der Waals surface area contributed by atoms with Crippen LogP contribution in [0.25, 0.3) is 0 Å². The summed E-state index contributed by atoms with van der Waals surface area (Å²) in [6.45, 7) is -0.0306. The number of nitrogens with two attached hydrogens (primary N) is 1.